The highest BCUT2D eigenvalue weighted by Crippen LogP contribution is 2.37. The zero-order valence-electron chi connectivity index (χ0n) is 27.5. The number of hydrogen-bond donors (Lipinski definition) is 3. The smallest absolute Gasteiger partial charge is 0.261 e. The molecule has 3 N–H and O–H groups in total. The Labute approximate surface area is 295 Å². The van der Waals surface area contributed by atoms with Crippen molar-refractivity contribution in [3.05, 3.63) is 99.7 Å². The molecule has 7 aromatic rings. The lowest BCUT2D eigenvalue weighted by Gasteiger charge is -2.31. The Morgan fingerprint density at radius 2 is 1.22 bits per heavy atom. The second kappa shape index (κ2) is 12.8. The fraction of sp³-hybridized carbons (Fsp3) is 0.205. The topological polar surface area (TPSA) is 128 Å². The van der Waals surface area contributed by atoms with Crippen molar-refractivity contribution in [2.45, 2.75) is 39.5 Å². The van der Waals surface area contributed by atoms with Gasteiger partial charge in [0.25, 0.3) is 23.6 Å². The second-order valence-corrected chi connectivity index (χ2v) is 14.6. The number of aromatic nitrogens is 3. The Kier molecular flexibility index (Phi) is 8.16. The molecule has 9 rings (SSSR count). The van der Waals surface area contributed by atoms with Crippen LogP contribution in [0.3, 0.4) is 0 Å². The summed E-state index contributed by atoms with van der Waals surface area (Å²) in [4.78, 5) is 66.1. The average molecular weight is 700 g/mol. The van der Waals surface area contributed by atoms with Crippen molar-refractivity contribution in [1.29, 1.82) is 0 Å². The van der Waals surface area contributed by atoms with Gasteiger partial charge in [0.2, 0.25) is 0 Å². The lowest BCUT2D eigenvalue weighted by molar-refractivity contribution is 0.0578. The van der Waals surface area contributed by atoms with Crippen molar-refractivity contribution < 1.29 is 19.2 Å². The van der Waals surface area contributed by atoms with Crippen LogP contribution in [0.1, 0.15) is 81.0 Å². The number of pyridine rings is 1. The summed E-state index contributed by atoms with van der Waals surface area (Å²) < 4.78 is 0. The molecular weight excluding hydrogens is 667 g/mol. The summed E-state index contributed by atoms with van der Waals surface area (Å²) in [6.45, 7) is 4.58. The normalized spacial score (nSPS) is 14.4. The van der Waals surface area contributed by atoms with Gasteiger partial charge in [-0.2, -0.15) is 0 Å². The highest BCUT2D eigenvalue weighted by Gasteiger charge is 2.37. The lowest BCUT2D eigenvalue weighted by atomic mass is 9.86. The van der Waals surface area contributed by atoms with Gasteiger partial charge in [-0.15, -0.1) is 22.7 Å². The average Bonchev–Trinajstić information content (AvgIpc) is 3.95. The molecule has 2 aliphatic rings. The van der Waals surface area contributed by atoms with Crippen LogP contribution in [0.15, 0.2) is 77.5 Å². The highest BCUT2D eigenvalue weighted by molar-refractivity contribution is 7.13. The Bertz CT molecular complexity index is 2250. The van der Waals surface area contributed by atoms with Crippen molar-refractivity contribution in [2.75, 3.05) is 6.54 Å². The molecule has 11 heteroatoms. The van der Waals surface area contributed by atoms with E-state index in [1.807, 2.05) is 0 Å². The number of fused-ring (bicyclic) bond motifs is 2. The number of thiophene rings is 2. The Morgan fingerprint density at radius 1 is 0.700 bits per heavy atom. The molecule has 5 aromatic heterocycles. The number of aromatic amines is 2. The van der Waals surface area contributed by atoms with Gasteiger partial charge in [0.15, 0.2) is 0 Å². The third kappa shape index (κ3) is 5.43. The number of carbonyl (C=O) groups is 4. The van der Waals surface area contributed by atoms with Gasteiger partial charge in [-0.25, -0.2) is 4.98 Å². The minimum Gasteiger partial charge on any atom is -0.338 e. The number of nitrogens with one attached hydrogen (secondary N) is 3. The van der Waals surface area contributed by atoms with Gasteiger partial charge in [0.05, 0.1) is 21.1 Å². The number of H-pyrrole nitrogens is 2. The van der Waals surface area contributed by atoms with E-state index in [0.717, 1.165) is 59.1 Å². The van der Waals surface area contributed by atoms with Gasteiger partial charge in [-0.3, -0.25) is 29.4 Å². The van der Waals surface area contributed by atoms with E-state index in [1.165, 1.54) is 14.7 Å². The molecule has 0 saturated heterocycles. The maximum absolute atomic E-state index is 13.2. The first kappa shape index (κ1) is 31.9. The summed E-state index contributed by atoms with van der Waals surface area (Å²) >= 11 is 3.47. The minimum absolute atomic E-state index is 0.259. The number of amides is 4. The Morgan fingerprint density at radius 3 is 1.70 bits per heavy atom. The molecule has 2 aromatic carbocycles. The number of imide groups is 2. The predicted molar refractivity (Wildman–Crippen MR) is 199 cm³/mol. The van der Waals surface area contributed by atoms with Crippen molar-refractivity contribution in [2.24, 2.45) is 5.92 Å². The molecule has 7 heterocycles. The Hall–Kier alpha value is -5.39. The molecule has 9 nitrogen and oxygen atoms in total. The SMILES string of the molecule is CCCC[C@@H](CC)CN1C(=O)c2ccc3c4c(ccc(c24)C1=O)C(=O)NC3=O.c1csc(-c2cc3cc4cc(-c5cccs5)[nH]c4nc3[nH]2)c1. The highest BCUT2D eigenvalue weighted by atomic mass is 32.1. The lowest BCUT2D eigenvalue weighted by Crippen LogP contribution is -2.44. The molecule has 0 bridgehead atoms. The third-order valence-electron chi connectivity index (χ3n) is 9.57. The first-order valence-corrected chi connectivity index (χ1v) is 18.5. The molecular formula is C39H33N5O4S2. The molecule has 0 fully saturated rings. The van der Waals surface area contributed by atoms with E-state index in [2.05, 4.69) is 82.4 Å². The molecule has 1 atom stereocenters. The van der Waals surface area contributed by atoms with Crippen LogP contribution < -0.4 is 5.32 Å². The van der Waals surface area contributed by atoms with Crippen molar-refractivity contribution in [1.82, 2.24) is 25.2 Å². The van der Waals surface area contributed by atoms with Gasteiger partial charge in [-0.1, -0.05) is 45.2 Å². The van der Waals surface area contributed by atoms with Gasteiger partial charge >= 0.3 is 0 Å². The van der Waals surface area contributed by atoms with Crippen LogP contribution in [-0.2, 0) is 0 Å². The number of benzene rings is 2. The quantitative estimate of drug-likeness (QED) is 0.136. The monoisotopic (exact) mass is 699 g/mol. The minimum atomic E-state index is -0.505. The fourth-order valence-electron chi connectivity index (χ4n) is 6.93. The number of unbranched alkanes of at least 4 members (excludes halogenated alkanes) is 1. The van der Waals surface area contributed by atoms with Gasteiger partial charge in [0.1, 0.15) is 11.3 Å². The maximum Gasteiger partial charge on any atom is 0.261 e. The summed E-state index contributed by atoms with van der Waals surface area (Å²) in [6.07, 6.45) is 4.00. The zero-order chi connectivity index (χ0) is 34.5. The van der Waals surface area contributed by atoms with Crippen molar-refractivity contribution in [3.8, 4) is 21.1 Å². The number of rotatable bonds is 8. The fourth-order valence-corrected chi connectivity index (χ4v) is 8.32. The van der Waals surface area contributed by atoms with Gasteiger partial charge in [0, 0.05) is 50.3 Å². The van der Waals surface area contributed by atoms with E-state index in [4.69, 9.17) is 4.98 Å². The van der Waals surface area contributed by atoms with Crippen molar-refractivity contribution in [3.63, 3.8) is 0 Å². The number of nitrogens with zero attached hydrogens (tertiary/aromatic N) is 2. The Balaban J connectivity index is 0.000000148. The maximum atomic E-state index is 13.2. The third-order valence-corrected chi connectivity index (χ3v) is 11.4. The predicted octanol–water partition coefficient (Wildman–Crippen LogP) is 9.04. The van der Waals surface area contributed by atoms with Crippen LogP contribution in [-0.4, -0.2) is 50.0 Å². The molecule has 250 valence electrons. The molecule has 0 aliphatic carbocycles. The van der Waals surface area contributed by atoms with Gasteiger partial charge < -0.3 is 9.97 Å². The molecule has 0 spiro atoms. The van der Waals surface area contributed by atoms with Crippen LogP contribution in [0.2, 0.25) is 0 Å². The first-order chi connectivity index (χ1) is 24.3. The summed E-state index contributed by atoms with van der Waals surface area (Å²) in [6, 6.07) is 21.2. The number of carbonyl (C=O) groups excluding carboxylic acids is 4. The van der Waals surface area contributed by atoms with Crippen molar-refractivity contribution >= 4 is 79.1 Å². The second-order valence-electron chi connectivity index (χ2n) is 12.7. The molecule has 50 heavy (non-hydrogen) atoms. The van der Waals surface area contributed by atoms with Crippen LogP contribution >= 0.6 is 22.7 Å². The molecule has 0 unspecified atom stereocenters. The van der Waals surface area contributed by atoms with Crippen LogP contribution in [0.4, 0.5) is 0 Å². The number of hydrogen-bond acceptors (Lipinski definition) is 7. The van der Waals surface area contributed by atoms with E-state index in [-0.39, 0.29) is 17.7 Å². The van der Waals surface area contributed by atoms with E-state index in [1.54, 1.807) is 46.9 Å². The van der Waals surface area contributed by atoms with E-state index in [9.17, 15) is 19.2 Å². The first-order valence-electron chi connectivity index (χ1n) is 16.8. The standard InChI is InChI=1S/C22H22N2O4.C17H11N3S2/c1-3-5-6-12(4-2)11-24-21(27)15-9-7-13-17-14(20(26)23-19(13)25)8-10-16(18(15)17)22(24)28;1-3-14(21-5-1)12-8-10-7-11-9-13(15-4-2-6-22-15)19-17(11)20-16(10)18-12/h7-10,12H,3-6,11H2,1-2H3,(H,23,25,26);1-9H,(H2,18,19,20)/t12-;/m1./s1. The molecule has 0 radical (unpaired) electrons. The summed E-state index contributed by atoms with van der Waals surface area (Å²) in [5, 5.41) is 9.59. The van der Waals surface area contributed by atoms with E-state index in [0.29, 0.717) is 39.6 Å². The summed E-state index contributed by atoms with van der Waals surface area (Å²) in [5.74, 6) is -1.46. The van der Waals surface area contributed by atoms with Crippen LogP contribution in [0, 0.1) is 5.92 Å². The zero-order valence-corrected chi connectivity index (χ0v) is 29.1. The van der Waals surface area contributed by atoms with E-state index >= 15 is 0 Å². The molecule has 4 amide bonds. The van der Waals surface area contributed by atoms with Crippen LogP contribution in [0.5, 0.6) is 0 Å². The molecule has 0 saturated carbocycles. The van der Waals surface area contributed by atoms with Gasteiger partial charge in [-0.05, 0) is 77.7 Å². The molecule has 2 aliphatic heterocycles. The van der Waals surface area contributed by atoms with E-state index < -0.39 is 11.8 Å². The largest absolute Gasteiger partial charge is 0.338 e. The summed E-state index contributed by atoms with van der Waals surface area (Å²) in [7, 11) is 0. The van der Waals surface area contributed by atoms with Crippen LogP contribution in [0.25, 0.3) is 54.0 Å². The summed E-state index contributed by atoms with van der Waals surface area (Å²) in [5.41, 5.74) is 5.50.